The van der Waals surface area contributed by atoms with Gasteiger partial charge in [-0.15, -0.1) is 0 Å². The molecule has 1 aliphatic rings. The molecule has 2 heterocycles. The van der Waals surface area contributed by atoms with Gasteiger partial charge in [-0.05, 0) is 55.9 Å². The second-order valence-electron chi connectivity index (χ2n) is 7.60. The van der Waals surface area contributed by atoms with Crippen molar-refractivity contribution in [1.29, 1.82) is 0 Å². The number of carbonyl (C=O) groups excluding carboxylic acids is 1. The van der Waals surface area contributed by atoms with Crippen molar-refractivity contribution in [2.45, 2.75) is 11.8 Å². The molecule has 32 heavy (non-hydrogen) atoms. The molecule has 170 valence electrons. The van der Waals surface area contributed by atoms with Gasteiger partial charge >= 0.3 is 0 Å². The smallest absolute Gasteiger partial charge is 0.264 e. The van der Waals surface area contributed by atoms with E-state index in [4.69, 9.17) is 16.3 Å². The van der Waals surface area contributed by atoms with Crippen LogP contribution in [0.3, 0.4) is 0 Å². The molecule has 3 aromatic rings. The van der Waals surface area contributed by atoms with E-state index in [0.29, 0.717) is 52.3 Å². The Bertz CT molecular complexity index is 1250. The molecule has 1 aliphatic heterocycles. The predicted octanol–water partition coefficient (Wildman–Crippen LogP) is 3.21. The summed E-state index contributed by atoms with van der Waals surface area (Å²) in [6.07, 6.45) is 0. The number of carbonyl (C=O) groups is 1. The first-order valence-electron chi connectivity index (χ1n) is 10.0. The molecule has 8 nitrogen and oxygen atoms in total. The van der Waals surface area contributed by atoms with E-state index in [1.807, 2.05) is 14.0 Å². The summed E-state index contributed by atoms with van der Waals surface area (Å²) in [5, 5.41) is 3.72. The van der Waals surface area contributed by atoms with Crippen LogP contribution in [0, 0.1) is 6.92 Å². The number of rotatable bonds is 6. The van der Waals surface area contributed by atoms with Gasteiger partial charge in [0.15, 0.2) is 11.7 Å². The quantitative estimate of drug-likeness (QED) is 0.565. The van der Waals surface area contributed by atoms with E-state index in [1.165, 1.54) is 15.6 Å². The van der Waals surface area contributed by atoms with Crippen LogP contribution in [-0.4, -0.2) is 68.3 Å². The number of amides is 1. The molecule has 0 radical (unpaired) electrons. The fourth-order valence-electron chi connectivity index (χ4n) is 3.31. The summed E-state index contributed by atoms with van der Waals surface area (Å²) in [5.41, 5.74) is 1.48. The van der Waals surface area contributed by atoms with E-state index >= 15 is 0 Å². The van der Waals surface area contributed by atoms with Gasteiger partial charge in [-0.1, -0.05) is 22.9 Å². The van der Waals surface area contributed by atoms with E-state index in [2.05, 4.69) is 15.2 Å². The number of sulfonamides is 1. The van der Waals surface area contributed by atoms with Crippen LogP contribution >= 0.6 is 22.9 Å². The molecule has 0 bridgehead atoms. The van der Waals surface area contributed by atoms with Crippen molar-refractivity contribution in [1.82, 2.24) is 14.2 Å². The maximum atomic E-state index is 13.0. The van der Waals surface area contributed by atoms with Crippen LogP contribution in [0.15, 0.2) is 41.3 Å². The normalized spacial score (nSPS) is 15.7. The molecule has 1 saturated heterocycles. The second-order valence-corrected chi connectivity index (χ2v) is 11.0. The number of likely N-dealkylation sites (N-methyl/N-ethyl adjacent to an activating group) is 1. The molecule has 1 N–H and O–H groups in total. The molecule has 2 aromatic carbocycles. The number of aryl methyl sites for hydroxylation is 1. The molecule has 0 atom stereocenters. The van der Waals surface area contributed by atoms with Gasteiger partial charge in [0.05, 0.1) is 15.1 Å². The third kappa shape index (κ3) is 5.05. The molecular weight excluding hydrogens is 472 g/mol. The van der Waals surface area contributed by atoms with Crippen LogP contribution in [-0.2, 0) is 14.8 Å². The average molecular weight is 495 g/mol. The summed E-state index contributed by atoms with van der Waals surface area (Å²) in [5.74, 6) is 0.187. The predicted molar refractivity (Wildman–Crippen MR) is 126 cm³/mol. The highest BCUT2D eigenvalue weighted by Gasteiger charge is 2.27. The lowest BCUT2D eigenvalue weighted by atomic mass is 10.2. The van der Waals surface area contributed by atoms with Crippen LogP contribution < -0.4 is 10.1 Å². The van der Waals surface area contributed by atoms with Crippen LogP contribution in [0.2, 0.25) is 5.02 Å². The second kappa shape index (κ2) is 9.32. The number of halogens is 1. The monoisotopic (exact) mass is 494 g/mol. The summed E-state index contributed by atoms with van der Waals surface area (Å²) in [7, 11) is -1.59. The van der Waals surface area contributed by atoms with Gasteiger partial charge in [0, 0.05) is 31.2 Å². The van der Waals surface area contributed by atoms with Gasteiger partial charge in [-0.25, -0.2) is 13.4 Å². The molecule has 0 saturated carbocycles. The van der Waals surface area contributed by atoms with Crippen LogP contribution in [0.1, 0.15) is 5.56 Å². The Kier molecular flexibility index (Phi) is 6.68. The molecule has 0 aliphatic carbocycles. The van der Waals surface area contributed by atoms with Gasteiger partial charge in [0.1, 0.15) is 5.75 Å². The fourth-order valence-corrected chi connectivity index (χ4v) is 5.87. The highest BCUT2D eigenvalue weighted by molar-refractivity contribution is 7.89. The summed E-state index contributed by atoms with van der Waals surface area (Å²) in [4.78, 5) is 19.0. The Morgan fingerprint density at radius 2 is 1.94 bits per heavy atom. The Morgan fingerprint density at radius 3 is 2.66 bits per heavy atom. The maximum absolute atomic E-state index is 13.0. The summed E-state index contributed by atoms with van der Waals surface area (Å²) in [6.45, 7) is 4.02. The van der Waals surface area contributed by atoms with Crippen molar-refractivity contribution in [3.05, 3.63) is 47.0 Å². The number of nitrogens with zero attached hydrogens (tertiary/aromatic N) is 3. The largest absolute Gasteiger partial charge is 0.484 e. The van der Waals surface area contributed by atoms with Crippen LogP contribution in [0.4, 0.5) is 5.13 Å². The van der Waals surface area contributed by atoms with Crippen LogP contribution in [0.25, 0.3) is 10.2 Å². The van der Waals surface area contributed by atoms with E-state index in [1.54, 1.807) is 36.4 Å². The lowest BCUT2D eigenvalue weighted by Gasteiger charge is -2.31. The third-order valence-corrected chi connectivity index (χ3v) is 8.46. The van der Waals surface area contributed by atoms with Gasteiger partial charge < -0.3 is 9.64 Å². The highest BCUT2D eigenvalue weighted by atomic mass is 35.5. The number of hydrogen-bond acceptors (Lipinski definition) is 7. The Hall–Kier alpha value is -2.24. The molecule has 0 spiro atoms. The van der Waals surface area contributed by atoms with Crippen molar-refractivity contribution in [3.63, 3.8) is 0 Å². The zero-order valence-corrected chi connectivity index (χ0v) is 20.1. The van der Waals surface area contributed by atoms with Crippen molar-refractivity contribution in [2.24, 2.45) is 0 Å². The lowest BCUT2D eigenvalue weighted by molar-refractivity contribution is -0.118. The first kappa shape index (κ1) is 22.9. The highest BCUT2D eigenvalue weighted by Crippen LogP contribution is 2.29. The number of anilines is 1. The minimum absolute atomic E-state index is 0.181. The van der Waals surface area contributed by atoms with Crippen molar-refractivity contribution in [2.75, 3.05) is 45.2 Å². The van der Waals surface area contributed by atoms with Gasteiger partial charge in [-0.3, -0.25) is 10.1 Å². The SMILES string of the molecule is Cc1cc(OCC(=O)Nc2nc3ccc(S(=O)(=O)N4CCN(C)CC4)cc3s2)ccc1Cl. The number of ether oxygens (including phenoxy) is 1. The zero-order chi connectivity index (χ0) is 22.9. The number of benzene rings is 2. The summed E-state index contributed by atoms with van der Waals surface area (Å²) < 4.78 is 33.7. The van der Waals surface area contributed by atoms with E-state index in [-0.39, 0.29) is 17.4 Å². The topological polar surface area (TPSA) is 91.8 Å². The Labute approximate surface area is 195 Å². The lowest BCUT2D eigenvalue weighted by Crippen LogP contribution is -2.46. The maximum Gasteiger partial charge on any atom is 0.264 e. The summed E-state index contributed by atoms with van der Waals surface area (Å²) in [6, 6.07) is 10.0. The molecular formula is C21H23ClN4O4S2. The number of thiazole rings is 1. The number of nitrogens with one attached hydrogen (secondary N) is 1. The molecule has 1 amide bonds. The fraction of sp³-hybridized carbons (Fsp3) is 0.333. The molecule has 1 aromatic heterocycles. The third-order valence-electron chi connectivity index (χ3n) is 5.21. The minimum atomic E-state index is -3.57. The van der Waals surface area contributed by atoms with Gasteiger partial charge in [0.2, 0.25) is 10.0 Å². The first-order valence-corrected chi connectivity index (χ1v) is 12.6. The number of piperazine rings is 1. The van der Waals surface area contributed by atoms with E-state index in [0.717, 1.165) is 5.56 Å². The van der Waals surface area contributed by atoms with E-state index in [9.17, 15) is 13.2 Å². The molecule has 0 unspecified atom stereocenters. The molecule has 1 fully saturated rings. The van der Waals surface area contributed by atoms with Crippen LogP contribution in [0.5, 0.6) is 5.75 Å². The number of hydrogen-bond donors (Lipinski definition) is 1. The number of aromatic nitrogens is 1. The minimum Gasteiger partial charge on any atom is -0.484 e. The summed E-state index contributed by atoms with van der Waals surface area (Å²) >= 11 is 7.22. The standard InChI is InChI=1S/C21H23ClN4O4S2/c1-14-11-15(3-5-17(14)22)30-13-20(27)24-21-23-18-6-4-16(12-19(18)31-21)32(28,29)26-9-7-25(2)8-10-26/h3-6,11-12H,7-10,13H2,1-2H3,(H,23,24,27). The van der Waals surface area contributed by atoms with Gasteiger partial charge in [0.25, 0.3) is 5.91 Å². The first-order chi connectivity index (χ1) is 15.2. The van der Waals surface area contributed by atoms with Crippen molar-refractivity contribution < 1.29 is 17.9 Å². The average Bonchev–Trinajstić information content (AvgIpc) is 3.16. The number of fused-ring (bicyclic) bond motifs is 1. The Morgan fingerprint density at radius 1 is 1.19 bits per heavy atom. The molecule has 11 heteroatoms. The van der Waals surface area contributed by atoms with E-state index < -0.39 is 10.0 Å². The molecule has 4 rings (SSSR count). The van der Waals surface area contributed by atoms with Crippen molar-refractivity contribution >= 4 is 54.2 Å². The van der Waals surface area contributed by atoms with Gasteiger partial charge in [-0.2, -0.15) is 4.31 Å². The van der Waals surface area contributed by atoms with Crippen molar-refractivity contribution in [3.8, 4) is 5.75 Å². The Balaban J connectivity index is 1.43. The zero-order valence-electron chi connectivity index (χ0n) is 17.7.